The Hall–Kier alpha value is 1.18. The van der Waals surface area contributed by atoms with E-state index in [-0.39, 0.29) is 29.6 Å². The van der Waals surface area contributed by atoms with Gasteiger partial charge in [0.1, 0.15) is 8.96 Å². The molecule has 0 bridgehead atoms. The quantitative estimate of drug-likeness (QED) is 0.477. The summed E-state index contributed by atoms with van der Waals surface area (Å²) in [5.74, 6) is 0. The van der Waals surface area contributed by atoms with E-state index in [0.717, 1.165) is 0 Å². The first kappa shape index (κ1) is 9.18. The zero-order valence-electron chi connectivity index (χ0n) is 4.69. The normalized spacial score (nSPS) is 22.1. The van der Waals surface area contributed by atoms with Crippen molar-refractivity contribution in [1.82, 2.24) is 0 Å². The molecule has 0 aliphatic carbocycles. The van der Waals surface area contributed by atoms with Gasteiger partial charge in [0.05, 0.1) is 0 Å². The van der Waals surface area contributed by atoms with Gasteiger partial charge in [-0.15, -0.1) is 0 Å². The van der Waals surface area contributed by atoms with Crippen molar-refractivity contribution < 1.29 is 0 Å². The molecule has 0 aromatic heterocycles. The molecule has 0 spiro atoms. The molecule has 0 aromatic carbocycles. The first-order valence-electron chi connectivity index (χ1n) is 3.15. The van der Waals surface area contributed by atoms with Gasteiger partial charge >= 0.3 is 29.6 Å². The van der Waals surface area contributed by atoms with Gasteiger partial charge in [-0.05, 0) is 12.1 Å². The van der Waals surface area contributed by atoms with Crippen LogP contribution < -0.4 is 5.40 Å². The van der Waals surface area contributed by atoms with E-state index < -0.39 is 8.96 Å². The molecule has 1 heterocycles. The fourth-order valence-corrected chi connectivity index (χ4v) is 3.05. The van der Waals surface area contributed by atoms with Crippen LogP contribution in [-0.2, 0) is 0 Å². The van der Waals surface area contributed by atoms with Gasteiger partial charge in [0.2, 0.25) is 0 Å². The Kier molecular flexibility index (Phi) is 5.74. The van der Waals surface area contributed by atoms with Crippen molar-refractivity contribution in [2.45, 2.75) is 31.4 Å². The molecule has 0 unspecified atom stereocenters. The maximum absolute atomic E-state index is 5.77. The first-order valence-corrected chi connectivity index (χ1v) is 5.45. The van der Waals surface area contributed by atoms with E-state index in [1.807, 2.05) is 0 Å². The molecule has 2 N–H and O–H groups in total. The van der Waals surface area contributed by atoms with Crippen molar-refractivity contribution in [3.8, 4) is 0 Å². The summed E-state index contributed by atoms with van der Waals surface area (Å²) in [4.78, 5) is 0. The SMILES string of the molecule is N[SiH]1CCCCC1.[NaH]. The Morgan fingerprint density at radius 1 is 1.00 bits per heavy atom. The summed E-state index contributed by atoms with van der Waals surface area (Å²) in [6.07, 6.45) is 4.29. The third kappa shape index (κ3) is 3.25. The van der Waals surface area contributed by atoms with E-state index in [1.165, 1.54) is 31.4 Å². The minimum absolute atomic E-state index is 0. The average molecular weight is 139 g/mol. The first-order chi connectivity index (χ1) is 3.39. The van der Waals surface area contributed by atoms with Gasteiger partial charge < -0.3 is 5.40 Å². The zero-order chi connectivity index (χ0) is 5.11. The molecular weight excluding hydrogens is 125 g/mol. The van der Waals surface area contributed by atoms with E-state index in [9.17, 15) is 0 Å². The molecule has 1 aliphatic rings. The molecule has 1 saturated heterocycles. The molecule has 1 rings (SSSR count). The number of hydrogen-bond donors (Lipinski definition) is 1. The summed E-state index contributed by atoms with van der Waals surface area (Å²) in [5.41, 5.74) is 0. The summed E-state index contributed by atoms with van der Waals surface area (Å²) in [6, 6.07) is 2.81. The van der Waals surface area contributed by atoms with Crippen molar-refractivity contribution in [3.63, 3.8) is 0 Å². The van der Waals surface area contributed by atoms with Crippen LogP contribution in [-0.4, -0.2) is 38.5 Å². The Balaban J connectivity index is 0.000000490. The second-order valence-electron chi connectivity index (χ2n) is 2.40. The van der Waals surface area contributed by atoms with Crippen molar-refractivity contribution in [1.29, 1.82) is 0 Å². The molecule has 0 amide bonds. The van der Waals surface area contributed by atoms with E-state index in [2.05, 4.69) is 0 Å². The third-order valence-electron chi connectivity index (χ3n) is 1.65. The summed E-state index contributed by atoms with van der Waals surface area (Å²) >= 11 is 0. The predicted octanol–water partition coefficient (Wildman–Crippen LogP) is 0.204. The molecule has 8 heavy (non-hydrogen) atoms. The average Bonchev–Trinajstić information content (AvgIpc) is 1.69. The monoisotopic (exact) mass is 139 g/mol. The molecule has 0 radical (unpaired) electrons. The van der Waals surface area contributed by atoms with Crippen LogP contribution in [0.15, 0.2) is 0 Å². The summed E-state index contributed by atoms with van der Waals surface area (Å²) < 4.78 is 0. The fraction of sp³-hybridized carbons (Fsp3) is 1.00. The Morgan fingerprint density at radius 2 is 1.50 bits per heavy atom. The Bertz CT molecular complexity index is 54.4. The van der Waals surface area contributed by atoms with Crippen LogP contribution in [0.2, 0.25) is 12.1 Å². The second-order valence-corrected chi connectivity index (χ2v) is 5.07. The van der Waals surface area contributed by atoms with Gasteiger partial charge in [-0.1, -0.05) is 19.3 Å². The molecule has 1 aliphatic heterocycles. The number of hydrogen-bond acceptors (Lipinski definition) is 1. The van der Waals surface area contributed by atoms with Crippen LogP contribution in [0.4, 0.5) is 0 Å². The molecule has 3 heteroatoms. The minimum atomic E-state index is -0.595. The molecule has 0 saturated carbocycles. The molecule has 0 atom stereocenters. The fourth-order valence-electron chi connectivity index (χ4n) is 1.13. The second kappa shape index (κ2) is 5.00. The summed E-state index contributed by atoms with van der Waals surface area (Å²) in [5, 5.41) is 5.77. The van der Waals surface area contributed by atoms with E-state index in [0.29, 0.717) is 0 Å². The molecule has 1 nitrogen and oxygen atoms in total. The molecule has 44 valence electrons. The van der Waals surface area contributed by atoms with E-state index >= 15 is 0 Å². The predicted molar refractivity (Wildman–Crippen MR) is 42.0 cm³/mol. The van der Waals surface area contributed by atoms with Gasteiger partial charge in [0.15, 0.2) is 0 Å². The summed E-state index contributed by atoms with van der Waals surface area (Å²) in [6.45, 7) is 0. The van der Waals surface area contributed by atoms with Crippen LogP contribution >= 0.6 is 0 Å². The van der Waals surface area contributed by atoms with Crippen molar-refractivity contribution in [2.24, 2.45) is 5.40 Å². The number of nitrogens with two attached hydrogens (primary N) is 1. The van der Waals surface area contributed by atoms with Gasteiger partial charge in [0, 0.05) is 0 Å². The summed E-state index contributed by atoms with van der Waals surface area (Å²) in [7, 11) is -0.595. The molecular formula is C5H14NNaSi. The topological polar surface area (TPSA) is 26.0 Å². The van der Waals surface area contributed by atoms with Crippen molar-refractivity contribution in [3.05, 3.63) is 0 Å². The third-order valence-corrected chi connectivity index (χ3v) is 3.95. The van der Waals surface area contributed by atoms with Gasteiger partial charge in [-0.3, -0.25) is 0 Å². The van der Waals surface area contributed by atoms with E-state index in [4.69, 9.17) is 5.40 Å². The van der Waals surface area contributed by atoms with Crippen LogP contribution in [0.1, 0.15) is 19.3 Å². The van der Waals surface area contributed by atoms with E-state index in [1.54, 1.807) is 0 Å². The van der Waals surface area contributed by atoms with Crippen LogP contribution in [0, 0.1) is 0 Å². The Labute approximate surface area is 75.0 Å². The van der Waals surface area contributed by atoms with Gasteiger partial charge in [-0.2, -0.15) is 0 Å². The molecule has 1 fully saturated rings. The standard InChI is InChI=1S/C5H13NSi.Na.H/c6-7-4-2-1-3-5-7;;/h7H,1-6H2;;. The van der Waals surface area contributed by atoms with Gasteiger partial charge in [0.25, 0.3) is 0 Å². The van der Waals surface area contributed by atoms with Crippen LogP contribution in [0.25, 0.3) is 0 Å². The number of rotatable bonds is 0. The zero-order valence-corrected chi connectivity index (χ0v) is 5.84. The van der Waals surface area contributed by atoms with Crippen molar-refractivity contribution >= 4 is 38.5 Å². The van der Waals surface area contributed by atoms with Crippen LogP contribution in [0.5, 0.6) is 0 Å². The Morgan fingerprint density at radius 3 is 1.75 bits per heavy atom. The van der Waals surface area contributed by atoms with Gasteiger partial charge in [-0.25, -0.2) is 0 Å². The maximum atomic E-state index is 5.77. The van der Waals surface area contributed by atoms with Crippen molar-refractivity contribution in [2.75, 3.05) is 0 Å². The molecule has 0 aromatic rings. The van der Waals surface area contributed by atoms with Crippen LogP contribution in [0.3, 0.4) is 0 Å².